The molecule has 0 aromatic rings. The first-order valence-electron chi connectivity index (χ1n) is 8.96. The zero-order valence-corrected chi connectivity index (χ0v) is 14.7. The highest BCUT2D eigenvalue weighted by molar-refractivity contribution is 5.10. The van der Waals surface area contributed by atoms with Gasteiger partial charge in [-0.2, -0.15) is 0 Å². The average Bonchev–Trinajstić information content (AvgIpc) is 2.36. The Morgan fingerprint density at radius 3 is 2.24 bits per heavy atom. The Bertz CT molecular complexity index is 418. The lowest BCUT2D eigenvalue weighted by molar-refractivity contribution is -0.272. The molecule has 5 atom stereocenters. The van der Waals surface area contributed by atoms with Gasteiger partial charge < -0.3 is 9.84 Å². The topological polar surface area (TPSA) is 29.5 Å². The molecule has 1 heterocycles. The van der Waals surface area contributed by atoms with E-state index >= 15 is 0 Å². The van der Waals surface area contributed by atoms with Gasteiger partial charge in [0.1, 0.15) is 0 Å². The molecule has 3 aliphatic rings. The summed E-state index contributed by atoms with van der Waals surface area (Å²) >= 11 is 0. The molecule has 2 aliphatic carbocycles. The molecule has 0 aromatic heterocycles. The van der Waals surface area contributed by atoms with E-state index < -0.39 is 0 Å². The molecule has 0 radical (unpaired) electrons. The van der Waals surface area contributed by atoms with Crippen LogP contribution in [0, 0.1) is 22.7 Å². The monoisotopic (exact) mass is 294 g/mol. The third-order valence-electron chi connectivity index (χ3n) is 7.51. The largest absolute Gasteiger partial charge is 0.393 e. The number of fused-ring (bicyclic) bond motifs is 3. The smallest absolute Gasteiger partial charge is 0.0891 e. The second-order valence-electron chi connectivity index (χ2n) is 9.55. The van der Waals surface area contributed by atoms with Gasteiger partial charge in [-0.15, -0.1) is 0 Å². The van der Waals surface area contributed by atoms with E-state index in [9.17, 15) is 5.11 Å². The van der Waals surface area contributed by atoms with Gasteiger partial charge in [-0.1, -0.05) is 27.2 Å². The van der Waals surface area contributed by atoms with E-state index in [-0.39, 0.29) is 17.8 Å². The van der Waals surface area contributed by atoms with Crippen molar-refractivity contribution in [2.24, 2.45) is 22.7 Å². The lowest BCUT2D eigenvalue weighted by Gasteiger charge is -2.65. The molecule has 1 saturated heterocycles. The zero-order chi connectivity index (χ0) is 15.5. The van der Waals surface area contributed by atoms with E-state index in [0.717, 1.165) is 18.8 Å². The molecule has 2 heteroatoms. The molecule has 1 N–H and O–H groups in total. The van der Waals surface area contributed by atoms with Crippen LogP contribution in [0.4, 0.5) is 0 Å². The number of aliphatic hydroxyl groups is 1. The van der Waals surface area contributed by atoms with Crippen molar-refractivity contribution in [3.8, 4) is 0 Å². The maximum atomic E-state index is 9.71. The Morgan fingerprint density at radius 2 is 1.57 bits per heavy atom. The molecular formula is C19H34O2. The summed E-state index contributed by atoms with van der Waals surface area (Å²) in [5.74, 6) is 1.49. The molecule has 0 bridgehead atoms. The molecule has 21 heavy (non-hydrogen) atoms. The molecule has 0 aromatic carbocycles. The first-order valence-corrected chi connectivity index (χ1v) is 8.96. The van der Waals surface area contributed by atoms with E-state index in [2.05, 4.69) is 34.6 Å². The second kappa shape index (κ2) is 4.71. The van der Waals surface area contributed by atoms with E-state index in [1.54, 1.807) is 0 Å². The van der Waals surface area contributed by atoms with E-state index in [4.69, 9.17) is 4.74 Å². The van der Waals surface area contributed by atoms with Gasteiger partial charge in [-0.3, -0.25) is 0 Å². The Labute approximate surface area is 130 Å². The van der Waals surface area contributed by atoms with Crippen LogP contribution < -0.4 is 0 Å². The van der Waals surface area contributed by atoms with Crippen molar-refractivity contribution >= 4 is 0 Å². The van der Waals surface area contributed by atoms with Gasteiger partial charge in [0.05, 0.1) is 17.8 Å². The molecule has 3 fully saturated rings. The lowest BCUT2D eigenvalue weighted by atomic mass is 9.44. The van der Waals surface area contributed by atoms with Crippen LogP contribution in [-0.2, 0) is 4.74 Å². The first-order chi connectivity index (χ1) is 9.65. The minimum absolute atomic E-state index is 0.0333. The standard InChI is InChI=1S/C19H34O2/c1-16(2)9-6-10-18(4)14(16)8-12-19(5)15(18)7-11-17(3,13-20)21-19/h14-15,20H,6-13H2,1-5H3/t14-,15+,17+,18-,19+/m1/s1. The van der Waals surface area contributed by atoms with Crippen LogP contribution in [0.1, 0.15) is 79.6 Å². The number of aliphatic hydroxyl groups excluding tert-OH is 1. The lowest BCUT2D eigenvalue weighted by Crippen LogP contribution is -2.63. The summed E-state index contributed by atoms with van der Waals surface area (Å²) < 4.78 is 6.55. The van der Waals surface area contributed by atoms with Gasteiger partial charge in [0.25, 0.3) is 0 Å². The van der Waals surface area contributed by atoms with Gasteiger partial charge in [-0.25, -0.2) is 0 Å². The number of ether oxygens (including phenoxy) is 1. The summed E-state index contributed by atoms with van der Waals surface area (Å²) in [7, 11) is 0. The van der Waals surface area contributed by atoms with Crippen molar-refractivity contribution in [2.45, 2.75) is 90.8 Å². The fraction of sp³-hybridized carbons (Fsp3) is 1.00. The minimum atomic E-state index is -0.321. The molecule has 0 amide bonds. The summed E-state index contributed by atoms with van der Waals surface area (Å²) in [5, 5.41) is 9.71. The van der Waals surface area contributed by atoms with Crippen LogP contribution in [0.25, 0.3) is 0 Å². The normalized spacial score (nSPS) is 52.9. The Balaban J connectivity index is 1.93. The number of rotatable bonds is 1. The van der Waals surface area contributed by atoms with Gasteiger partial charge in [-0.05, 0) is 75.0 Å². The third-order valence-corrected chi connectivity index (χ3v) is 7.51. The first kappa shape index (κ1) is 15.8. The van der Waals surface area contributed by atoms with Crippen LogP contribution in [0.3, 0.4) is 0 Å². The van der Waals surface area contributed by atoms with Crippen LogP contribution >= 0.6 is 0 Å². The molecule has 0 spiro atoms. The van der Waals surface area contributed by atoms with Crippen molar-refractivity contribution in [3.05, 3.63) is 0 Å². The minimum Gasteiger partial charge on any atom is -0.393 e. The fourth-order valence-electron chi connectivity index (χ4n) is 6.54. The maximum Gasteiger partial charge on any atom is 0.0891 e. The van der Waals surface area contributed by atoms with Gasteiger partial charge >= 0.3 is 0 Å². The molecule has 2 nitrogen and oxygen atoms in total. The Kier molecular flexibility index (Phi) is 3.54. The predicted octanol–water partition coefficient (Wildman–Crippen LogP) is 4.55. The molecule has 1 aliphatic heterocycles. The highest BCUT2D eigenvalue weighted by atomic mass is 16.5. The summed E-state index contributed by atoms with van der Waals surface area (Å²) in [6, 6.07) is 0. The van der Waals surface area contributed by atoms with Crippen molar-refractivity contribution in [1.29, 1.82) is 0 Å². The van der Waals surface area contributed by atoms with Crippen molar-refractivity contribution in [2.75, 3.05) is 6.61 Å². The quantitative estimate of drug-likeness (QED) is 0.769. The van der Waals surface area contributed by atoms with Crippen LogP contribution in [0.5, 0.6) is 0 Å². The zero-order valence-electron chi connectivity index (χ0n) is 14.7. The summed E-state index contributed by atoms with van der Waals surface area (Å²) in [5.41, 5.74) is 0.546. The van der Waals surface area contributed by atoms with Crippen LogP contribution in [0.2, 0.25) is 0 Å². The highest BCUT2D eigenvalue weighted by Crippen LogP contribution is 2.65. The van der Waals surface area contributed by atoms with Crippen LogP contribution in [-0.4, -0.2) is 22.9 Å². The molecule has 122 valence electrons. The highest BCUT2D eigenvalue weighted by Gasteiger charge is 2.61. The van der Waals surface area contributed by atoms with Gasteiger partial charge in [0, 0.05) is 0 Å². The summed E-state index contributed by atoms with van der Waals surface area (Å²) in [4.78, 5) is 0. The third kappa shape index (κ3) is 2.28. The SMILES string of the molecule is CC1(C)CCC[C@]2(C)[C@@H]1CC[C@]1(C)O[C@](C)(CO)CC[C@@H]21. The van der Waals surface area contributed by atoms with E-state index in [1.165, 1.54) is 32.1 Å². The van der Waals surface area contributed by atoms with Crippen molar-refractivity contribution in [3.63, 3.8) is 0 Å². The maximum absolute atomic E-state index is 9.71. The van der Waals surface area contributed by atoms with E-state index in [0.29, 0.717) is 16.7 Å². The summed E-state index contributed by atoms with van der Waals surface area (Å²) in [6.45, 7) is 12.1. The number of hydrogen-bond acceptors (Lipinski definition) is 2. The van der Waals surface area contributed by atoms with Crippen molar-refractivity contribution in [1.82, 2.24) is 0 Å². The molecule has 0 unspecified atom stereocenters. The van der Waals surface area contributed by atoms with Gasteiger partial charge in [0.2, 0.25) is 0 Å². The molecular weight excluding hydrogens is 260 g/mol. The Hall–Kier alpha value is -0.0800. The van der Waals surface area contributed by atoms with Gasteiger partial charge in [0.15, 0.2) is 0 Å². The van der Waals surface area contributed by atoms with E-state index in [1.807, 2.05) is 0 Å². The number of hydrogen-bond donors (Lipinski definition) is 1. The van der Waals surface area contributed by atoms with Crippen LogP contribution in [0.15, 0.2) is 0 Å². The average molecular weight is 294 g/mol. The molecule has 3 rings (SSSR count). The molecule has 2 saturated carbocycles. The van der Waals surface area contributed by atoms with Crippen molar-refractivity contribution < 1.29 is 9.84 Å². The fourth-order valence-corrected chi connectivity index (χ4v) is 6.54. The Morgan fingerprint density at radius 1 is 0.905 bits per heavy atom. The predicted molar refractivity (Wildman–Crippen MR) is 86.2 cm³/mol. The second-order valence-corrected chi connectivity index (χ2v) is 9.55. The summed E-state index contributed by atoms with van der Waals surface area (Å²) in [6.07, 6.45) is 8.79.